The van der Waals surface area contributed by atoms with Crippen LogP contribution >= 0.6 is 0 Å². The number of fused-ring (bicyclic) bond motifs is 1. The van der Waals surface area contributed by atoms with Crippen LogP contribution in [-0.4, -0.2) is 14.3 Å². The summed E-state index contributed by atoms with van der Waals surface area (Å²) in [5.74, 6) is -0.424. The largest absolute Gasteiger partial charge is 0.489 e. The van der Waals surface area contributed by atoms with Gasteiger partial charge in [-0.2, -0.15) is 0 Å². The fraction of sp³-hybridized carbons (Fsp3) is 0.0588. The third kappa shape index (κ3) is 3.73. The van der Waals surface area contributed by atoms with Crippen molar-refractivity contribution < 1.29 is 22.4 Å². The number of primary amides is 1. The van der Waals surface area contributed by atoms with Gasteiger partial charge in [0, 0.05) is 11.5 Å². The molecule has 4 N–H and O–H groups in total. The molecule has 1 aromatic heterocycles. The minimum absolute atomic E-state index is 0.0129. The van der Waals surface area contributed by atoms with Crippen molar-refractivity contribution in [1.29, 1.82) is 0 Å². The normalized spacial score (nSPS) is 11.4. The molecule has 0 saturated carbocycles. The van der Waals surface area contributed by atoms with Gasteiger partial charge in [-0.25, -0.2) is 18.4 Å². The molecule has 0 aliphatic carbocycles. The van der Waals surface area contributed by atoms with Crippen LogP contribution in [0, 0.1) is 0 Å². The van der Waals surface area contributed by atoms with Crippen molar-refractivity contribution in [1.82, 2.24) is 0 Å². The molecule has 0 aliphatic rings. The van der Waals surface area contributed by atoms with E-state index in [9.17, 15) is 18.0 Å². The first kappa shape index (κ1) is 17.6. The number of benzene rings is 2. The Labute approximate surface area is 148 Å². The van der Waals surface area contributed by atoms with Crippen LogP contribution in [0.5, 0.6) is 5.75 Å². The van der Waals surface area contributed by atoms with E-state index in [1.54, 1.807) is 24.3 Å². The maximum Gasteiger partial charge on any atom is 0.349 e. The van der Waals surface area contributed by atoms with Crippen molar-refractivity contribution in [2.24, 2.45) is 10.9 Å². The van der Waals surface area contributed by atoms with Crippen molar-refractivity contribution in [2.45, 2.75) is 11.5 Å². The topological polar surface area (TPSA) is 143 Å². The number of ether oxygens (including phenoxy) is 1. The van der Waals surface area contributed by atoms with Crippen molar-refractivity contribution in [3.05, 3.63) is 70.1 Å². The fourth-order valence-corrected chi connectivity index (χ4v) is 2.81. The maximum atomic E-state index is 11.7. The summed E-state index contributed by atoms with van der Waals surface area (Å²) in [5.41, 5.74) is 5.05. The molecule has 3 aromatic rings. The highest BCUT2D eigenvalue weighted by Crippen LogP contribution is 2.21. The van der Waals surface area contributed by atoms with Crippen LogP contribution in [0.2, 0.25) is 0 Å². The molecule has 3 rings (SSSR count). The van der Waals surface area contributed by atoms with Crippen LogP contribution in [0.4, 0.5) is 0 Å². The highest BCUT2D eigenvalue weighted by atomic mass is 32.2. The Morgan fingerprint density at radius 2 is 1.77 bits per heavy atom. The summed E-state index contributed by atoms with van der Waals surface area (Å²) < 4.78 is 33.1. The fourth-order valence-electron chi connectivity index (χ4n) is 2.30. The van der Waals surface area contributed by atoms with Crippen LogP contribution in [0.1, 0.15) is 15.9 Å². The molecule has 0 fully saturated rings. The zero-order chi connectivity index (χ0) is 18.9. The van der Waals surface area contributed by atoms with Gasteiger partial charge in [-0.3, -0.25) is 4.79 Å². The molecule has 0 saturated heterocycles. The number of hydrogen-bond acceptors (Lipinski definition) is 6. The smallest absolute Gasteiger partial charge is 0.349 e. The van der Waals surface area contributed by atoms with Gasteiger partial charge in [0.15, 0.2) is 0 Å². The number of primary sulfonamides is 1. The van der Waals surface area contributed by atoms with Gasteiger partial charge >= 0.3 is 5.63 Å². The van der Waals surface area contributed by atoms with E-state index < -0.39 is 21.6 Å². The number of carbonyl (C=O) groups is 1. The SMILES string of the molecule is NC(=O)c1cc2ccc(OCc3ccc(S(N)(=O)=O)cc3)cc2oc1=O. The van der Waals surface area contributed by atoms with Gasteiger partial charge in [-0.15, -0.1) is 0 Å². The third-order valence-corrected chi connectivity index (χ3v) is 4.56. The lowest BCUT2D eigenvalue weighted by molar-refractivity contribution is 0.0997. The Balaban J connectivity index is 1.80. The zero-order valence-corrected chi connectivity index (χ0v) is 14.2. The average molecular weight is 374 g/mol. The Hall–Kier alpha value is -3.17. The first-order valence-corrected chi connectivity index (χ1v) is 8.91. The Kier molecular flexibility index (Phi) is 4.49. The summed E-state index contributed by atoms with van der Waals surface area (Å²) in [7, 11) is -3.74. The predicted octanol–water partition coefficient (Wildman–Crippen LogP) is 1.12. The van der Waals surface area contributed by atoms with Gasteiger partial charge in [0.05, 0.1) is 4.90 Å². The molecule has 26 heavy (non-hydrogen) atoms. The maximum absolute atomic E-state index is 11.7. The van der Waals surface area contributed by atoms with Crippen molar-refractivity contribution in [2.75, 3.05) is 0 Å². The monoisotopic (exact) mass is 374 g/mol. The van der Waals surface area contributed by atoms with E-state index in [1.807, 2.05) is 0 Å². The van der Waals surface area contributed by atoms with Crippen LogP contribution in [0.25, 0.3) is 11.0 Å². The van der Waals surface area contributed by atoms with E-state index in [2.05, 4.69) is 0 Å². The van der Waals surface area contributed by atoms with E-state index in [-0.39, 0.29) is 22.6 Å². The lowest BCUT2D eigenvalue weighted by Crippen LogP contribution is -2.20. The molecule has 0 atom stereocenters. The molecule has 0 radical (unpaired) electrons. The van der Waals surface area contributed by atoms with E-state index in [1.165, 1.54) is 24.3 Å². The summed E-state index contributed by atoms with van der Waals surface area (Å²) in [5, 5.41) is 5.57. The predicted molar refractivity (Wildman–Crippen MR) is 93.1 cm³/mol. The summed E-state index contributed by atoms with van der Waals surface area (Å²) in [6.07, 6.45) is 0. The molecule has 0 aliphatic heterocycles. The molecular formula is C17H14N2O6S. The van der Waals surface area contributed by atoms with Gasteiger partial charge in [0.25, 0.3) is 5.91 Å². The standard InChI is InChI=1S/C17H14N2O6S/c18-16(20)14-7-11-3-4-12(8-15(11)25-17(14)21)24-9-10-1-5-13(6-2-10)26(19,22)23/h1-8H,9H2,(H2,18,20)(H2,19,22,23). The zero-order valence-electron chi connectivity index (χ0n) is 13.3. The van der Waals surface area contributed by atoms with Crippen LogP contribution in [-0.2, 0) is 16.6 Å². The Morgan fingerprint density at radius 3 is 2.38 bits per heavy atom. The van der Waals surface area contributed by atoms with Crippen molar-refractivity contribution in [3.8, 4) is 5.75 Å². The van der Waals surface area contributed by atoms with Gasteiger partial charge in [-0.05, 0) is 35.9 Å². The summed E-state index contributed by atoms with van der Waals surface area (Å²) in [6.45, 7) is 0.167. The molecule has 2 aromatic carbocycles. The van der Waals surface area contributed by atoms with E-state index in [4.69, 9.17) is 20.0 Å². The number of carbonyl (C=O) groups excluding carboxylic acids is 1. The number of sulfonamides is 1. The molecule has 0 unspecified atom stereocenters. The lowest BCUT2D eigenvalue weighted by atomic mass is 10.1. The number of nitrogens with two attached hydrogens (primary N) is 2. The minimum Gasteiger partial charge on any atom is -0.489 e. The van der Waals surface area contributed by atoms with Gasteiger partial charge < -0.3 is 14.9 Å². The number of hydrogen-bond donors (Lipinski definition) is 2. The molecule has 134 valence electrons. The molecule has 9 heteroatoms. The quantitative estimate of drug-likeness (QED) is 0.641. The van der Waals surface area contributed by atoms with Gasteiger partial charge in [-0.1, -0.05) is 12.1 Å². The molecular weight excluding hydrogens is 360 g/mol. The highest BCUT2D eigenvalue weighted by molar-refractivity contribution is 7.89. The second kappa shape index (κ2) is 6.62. The van der Waals surface area contributed by atoms with Crippen LogP contribution in [0.3, 0.4) is 0 Å². The van der Waals surface area contributed by atoms with E-state index in [0.717, 1.165) is 5.56 Å². The summed E-state index contributed by atoms with van der Waals surface area (Å²) >= 11 is 0. The highest BCUT2D eigenvalue weighted by Gasteiger charge is 2.11. The van der Waals surface area contributed by atoms with Gasteiger partial charge in [0.1, 0.15) is 23.5 Å². The lowest BCUT2D eigenvalue weighted by Gasteiger charge is -2.08. The van der Waals surface area contributed by atoms with Crippen molar-refractivity contribution >= 4 is 26.9 Å². The third-order valence-electron chi connectivity index (χ3n) is 3.63. The minimum atomic E-state index is -3.74. The van der Waals surface area contributed by atoms with Crippen LogP contribution in [0.15, 0.2) is 62.6 Å². The van der Waals surface area contributed by atoms with E-state index >= 15 is 0 Å². The Bertz CT molecular complexity index is 1150. The summed E-state index contributed by atoms with van der Waals surface area (Å²) in [6, 6.07) is 12.1. The number of amides is 1. The van der Waals surface area contributed by atoms with Crippen LogP contribution < -0.4 is 21.2 Å². The average Bonchev–Trinajstić information content (AvgIpc) is 2.58. The van der Waals surface area contributed by atoms with Gasteiger partial charge in [0.2, 0.25) is 10.0 Å². The molecule has 0 spiro atoms. The molecule has 0 bridgehead atoms. The number of rotatable bonds is 5. The second-order valence-corrected chi connectivity index (χ2v) is 7.05. The van der Waals surface area contributed by atoms with Crippen molar-refractivity contribution in [3.63, 3.8) is 0 Å². The second-order valence-electron chi connectivity index (χ2n) is 5.49. The first-order chi connectivity index (χ1) is 12.2. The molecule has 1 heterocycles. The Morgan fingerprint density at radius 1 is 1.08 bits per heavy atom. The first-order valence-electron chi connectivity index (χ1n) is 7.36. The molecule has 8 nitrogen and oxygen atoms in total. The summed E-state index contributed by atoms with van der Waals surface area (Å²) in [4.78, 5) is 22.9. The van der Waals surface area contributed by atoms with E-state index in [0.29, 0.717) is 11.1 Å². The molecule has 1 amide bonds.